The molecule has 2 amide bonds. The van der Waals surface area contributed by atoms with Gasteiger partial charge in [0.25, 0.3) is 11.8 Å². The van der Waals surface area contributed by atoms with Crippen LogP contribution in [0.4, 0.5) is 10.1 Å². The molecule has 3 heterocycles. The Kier molecular flexibility index (Phi) is 8.39. The summed E-state index contributed by atoms with van der Waals surface area (Å²) < 4.78 is 30.6. The van der Waals surface area contributed by atoms with E-state index in [2.05, 4.69) is 20.7 Å². The number of hydrogen-bond acceptors (Lipinski definition) is 8. The lowest BCUT2D eigenvalue weighted by Gasteiger charge is -2.31. The van der Waals surface area contributed by atoms with Crippen LogP contribution >= 0.6 is 0 Å². The molecular formula is C29H31FN6O5. The van der Waals surface area contributed by atoms with Crippen molar-refractivity contribution < 1.29 is 27.9 Å². The number of carbonyl (C=O) groups excluding carboxylic acids is 2. The van der Waals surface area contributed by atoms with Gasteiger partial charge in [0, 0.05) is 18.7 Å². The first-order chi connectivity index (χ1) is 19.8. The summed E-state index contributed by atoms with van der Waals surface area (Å²) in [5, 5.41) is 15.3. The van der Waals surface area contributed by atoms with Gasteiger partial charge in [0.2, 0.25) is 5.82 Å². The molecule has 1 aliphatic heterocycles. The Morgan fingerprint density at radius 1 is 1.17 bits per heavy atom. The van der Waals surface area contributed by atoms with Crippen molar-refractivity contribution in [1.82, 2.24) is 25.5 Å². The molecule has 0 bridgehead atoms. The second-order valence-electron chi connectivity index (χ2n) is 9.82. The molecule has 0 aliphatic carbocycles. The van der Waals surface area contributed by atoms with Gasteiger partial charge < -0.3 is 19.2 Å². The molecule has 2 atom stereocenters. The van der Waals surface area contributed by atoms with Crippen LogP contribution in [0.3, 0.4) is 0 Å². The largest absolute Gasteiger partial charge is 0.495 e. The summed E-state index contributed by atoms with van der Waals surface area (Å²) in [4.78, 5) is 30.4. The lowest BCUT2D eigenvalue weighted by molar-refractivity contribution is -0.127. The SMILES string of the molecule is COc1ccc(C)cc1N(C(=O)Cn1nnc(-c2ccc(F)cc2)n1)[C@@H](C(=O)NC[C@@H]1CCCO1)c1ccc(C)o1. The fraction of sp³-hybridized carbons (Fsp3) is 0.345. The summed E-state index contributed by atoms with van der Waals surface area (Å²) in [6.45, 7) is 4.25. The van der Waals surface area contributed by atoms with Crippen molar-refractivity contribution >= 4 is 17.5 Å². The van der Waals surface area contributed by atoms with Gasteiger partial charge >= 0.3 is 0 Å². The van der Waals surface area contributed by atoms with Crippen LogP contribution in [0.15, 0.2) is 59.0 Å². The van der Waals surface area contributed by atoms with Gasteiger partial charge in [0.05, 0.1) is 18.9 Å². The Labute approximate surface area is 236 Å². The van der Waals surface area contributed by atoms with Crippen molar-refractivity contribution in [1.29, 1.82) is 0 Å². The van der Waals surface area contributed by atoms with Crippen LogP contribution in [0, 0.1) is 19.7 Å². The number of ether oxygens (including phenoxy) is 2. The van der Waals surface area contributed by atoms with E-state index in [-0.39, 0.29) is 24.2 Å². The number of tetrazole rings is 1. The van der Waals surface area contributed by atoms with Crippen LogP contribution in [0.5, 0.6) is 5.75 Å². The monoisotopic (exact) mass is 562 g/mol. The molecule has 1 fully saturated rings. The third kappa shape index (κ3) is 6.43. The van der Waals surface area contributed by atoms with Crippen LogP contribution < -0.4 is 15.0 Å². The first kappa shape index (κ1) is 28.0. The van der Waals surface area contributed by atoms with Gasteiger partial charge in [-0.25, -0.2) is 4.39 Å². The van der Waals surface area contributed by atoms with E-state index in [1.54, 1.807) is 31.2 Å². The summed E-state index contributed by atoms with van der Waals surface area (Å²) in [6, 6.07) is 13.2. The molecule has 1 aliphatic rings. The predicted molar refractivity (Wildman–Crippen MR) is 147 cm³/mol. The van der Waals surface area contributed by atoms with E-state index < -0.39 is 23.7 Å². The zero-order valence-electron chi connectivity index (χ0n) is 23.0. The third-order valence-electron chi connectivity index (χ3n) is 6.76. The van der Waals surface area contributed by atoms with Gasteiger partial charge in [-0.05, 0) is 86.0 Å². The van der Waals surface area contributed by atoms with Crippen LogP contribution in [0.1, 0.15) is 36.0 Å². The first-order valence-corrected chi connectivity index (χ1v) is 13.3. The Morgan fingerprint density at radius 2 is 1.98 bits per heavy atom. The molecule has 5 rings (SSSR count). The summed E-state index contributed by atoms with van der Waals surface area (Å²) in [5.74, 6) is 0.141. The van der Waals surface area contributed by atoms with E-state index in [1.807, 2.05) is 13.0 Å². The average Bonchev–Trinajstić information content (AvgIpc) is 3.74. The fourth-order valence-electron chi connectivity index (χ4n) is 4.72. The normalized spacial score (nSPS) is 15.5. The molecule has 1 N–H and O–H groups in total. The molecular weight excluding hydrogens is 531 g/mol. The molecule has 2 aromatic carbocycles. The first-order valence-electron chi connectivity index (χ1n) is 13.3. The van der Waals surface area contributed by atoms with E-state index in [0.29, 0.717) is 35.9 Å². The summed E-state index contributed by atoms with van der Waals surface area (Å²) in [5.41, 5.74) is 1.77. The number of benzene rings is 2. The van der Waals surface area contributed by atoms with Crippen molar-refractivity contribution in [3.8, 4) is 17.1 Å². The minimum absolute atomic E-state index is 0.0974. The highest BCUT2D eigenvalue weighted by Gasteiger charge is 2.37. The highest BCUT2D eigenvalue weighted by atomic mass is 19.1. The van der Waals surface area contributed by atoms with Crippen molar-refractivity contribution in [3.05, 3.63) is 77.5 Å². The summed E-state index contributed by atoms with van der Waals surface area (Å²) in [7, 11) is 1.49. The number of aromatic nitrogens is 4. The van der Waals surface area contributed by atoms with Crippen LogP contribution in [-0.4, -0.2) is 58.4 Å². The predicted octanol–water partition coefficient (Wildman–Crippen LogP) is 3.77. The van der Waals surface area contributed by atoms with Crippen LogP contribution in [-0.2, 0) is 20.9 Å². The second kappa shape index (κ2) is 12.3. The van der Waals surface area contributed by atoms with Crippen LogP contribution in [0.25, 0.3) is 11.4 Å². The van der Waals surface area contributed by atoms with E-state index in [0.717, 1.165) is 23.2 Å². The van der Waals surface area contributed by atoms with Gasteiger partial charge in [-0.2, -0.15) is 4.80 Å². The van der Waals surface area contributed by atoms with E-state index in [1.165, 1.54) is 36.3 Å². The highest BCUT2D eigenvalue weighted by Crippen LogP contribution is 2.36. The minimum Gasteiger partial charge on any atom is -0.495 e. The minimum atomic E-state index is -1.17. The molecule has 12 heteroatoms. The molecule has 1 saturated heterocycles. The van der Waals surface area contributed by atoms with Gasteiger partial charge in [-0.1, -0.05) is 6.07 Å². The maximum Gasteiger partial charge on any atom is 0.251 e. The van der Waals surface area contributed by atoms with Crippen molar-refractivity contribution in [2.24, 2.45) is 0 Å². The number of furan rings is 1. The fourth-order valence-corrected chi connectivity index (χ4v) is 4.72. The van der Waals surface area contributed by atoms with Crippen molar-refractivity contribution in [2.45, 2.75) is 45.4 Å². The number of hydrogen-bond donors (Lipinski definition) is 1. The average molecular weight is 563 g/mol. The van der Waals surface area contributed by atoms with E-state index >= 15 is 0 Å². The molecule has 0 radical (unpaired) electrons. The van der Waals surface area contributed by atoms with Crippen molar-refractivity contribution in [3.63, 3.8) is 0 Å². The quantitative estimate of drug-likeness (QED) is 0.310. The Hall–Kier alpha value is -4.58. The van der Waals surface area contributed by atoms with Gasteiger partial charge in [0.1, 0.15) is 29.6 Å². The maximum absolute atomic E-state index is 14.1. The third-order valence-corrected chi connectivity index (χ3v) is 6.76. The standard InChI is InChI=1S/C29H31FN6O5/c1-18-6-12-24(39-3)23(15-18)36(26(37)17-35-33-28(32-34-35)20-8-10-21(30)11-9-20)27(25-13-7-19(2)41-25)29(38)31-16-22-5-4-14-40-22/h6-13,15,22,27H,4-5,14,16-17H2,1-3H3,(H,31,38)/t22-,27+/m0/s1. The Morgan fingerprint density at radius 3 is 2.66 bits per heavy atom. The van der Waals surface area contributed by atoms with Gasteiger partial charge in [-0.3, -0.25) is 14.5 Å². The maximum atomic E-state index is 14.1. The molecule has 0 spiro atoms. The molecule has 2 aromatic heterocycles. The second-order valence-corrected chi connectivity index (χ2v) is 9.82. The number of rotatable bonds is 10. The highest BCUT2D eigenvalue weighted by molar-refractivity contribution is 6.02. The smallest absolute Gasteiger partial charge is 0.251 e. The zero-order valence-corrected chi connectivity index (χ0v) is 23.0. The summed E-state index contributed by atoms with van der Waals surface area (Å²) in [6.07, 6.45) is 1.67. The number of amides is 2. The summed E-state index contributed by atoms with van der Waals surface area (Å²) >= 11 is 0. The zero-order chi connectivity index (χ0) is 28.9. The number of aryl methyl sites for hydroxylation is 2. The number of methoxy groups -OCH3 is 1. The van der Waals surface area contributed by atoms with E-state index in [9.17, 15) is 14.0 Å². The van der Waals surface area contributed by atoms with Crippen molar-refractivity contribution in [2.75, 3.05) is 25.2 Å². The Bertz CT molecular complexity index is 1510. The van der Waals surface area contributed by atoms with Gasteiger partial charge in [0.15, 0.2) is 6.04 Å². The number of nitrogens with zero attached hydrogens (tertiary/aromatic N) is 5. The topological polar surface area (TPSA) is 125 Å². The molecule has 11 nitrogen and oxygen atoms in total. The lowest BCUT2D eigenvalue weighted by atomic mass is 10.1. The van der Waals surface area contributed by atoms with Crippen LogP contribution in [0.2, 0.25) is 0 Å². The number of carbonyl (C=O) groups is 2. The molecule has 41 heavy (non-hydrogen) atoms. The van der Waals surface area contributed by atoms with Gasteiger partial charge in [-0.15, -0.1) is 10.2 Å². The molecule has 214 valence electrons. The molecule has 0 unspecified atom stereocenters. The number of anilines is 1. The Balaban J connectivity index is 1.51. The number of halogens is 1. The molecule has 0 saturated carbocycles. The number of nitrogens with one attached hydrogen (secondary N) is 1. The molecule has 4 aromatic rings. The lowest BCUT2D eigenvalue weighted by Crippen LogP contribution is -2.46. The van der Waals surface area contributed by atoms with E-state index in [4.69, 9.17) is 13.9 Å².